The van der Waals surface area contributed by atoms with Gasteiger partial charge in [0.15, 0.2) is 0 Å². The molecule has 0 aliphatic carbocycles. The highest BCUT2D eigenvalue weighted by Gasteiger charge is 2.21. The molecule has 1 N–H and O–H groups in total. The first kappa shape index (κ1) is 21.8. The van der Waals surface area contributed by atoms with Crippen LogP contribution in [0.25, 0.3) is 0 Å². The number of carbonyl (C=O) groups excluding carboxylic acids is 1. The molecule has 0 aromatic heterocycles. The molecule has 0 unspecified atom stereocenters. The number of nitrogens with one attached hydrogen (secondary N) is 1. The second-order valence-electron chi connectivity index (χ2n) is 7.74. The van der Waals surface area contributed by atoms with E-state index in [0.29, 0.717) is 38.7 Å². The molecule has 166 valence electrons. The number of fused-ring (bicyclic) bond motifs is 1. The van der Waals surface area contributed by atoms with Gasteiger partial charge in [0.25, 0.3) is 0 Å². The van der Waals surface area contributed by atoms with Crippen LogP contribution in [-0.4, -0.2) is 24.1 Å². The van der Waals surface area contributed by atoms with Crippen molar-refractivity contribution in [3.05, 3.63) is 94.6 Å². The maximum atomic E-state index is 13.9. The number of hydrogen-bond donors (Lipinski definition) is 1. The van der Waals surface area contributed by atoms with Crippen molar-refractivity contribution in [1.29, 1.82) is 0 Å². The second kappa shape index (κ2) is 9.78. The number of benzene rings is 3. The van der Waals surface area contributed by atoms with Crippen LogP contribution in [0.5, 0.6) is 5.75 Å². The van der Waals surface area contributed by atoms with E-state index in [2.05, 4.69) is 17.4 Å². The lowest BCUT2D eigenvalue weighted by Gasteiger charge is -2.21. The highest BCUT2D eigenvalue weighted by molar-refractivity contribution is 5.89. The van der Waals surface area contributed by atoms with Gasteiger partial charge in [0.05, 0.1) is 32.0 Å². The fraction of sp³-hybridized carbons (Fsp3) is 0.240. The Hall–Kier alpha value is -3.45. The molecule has 1 aliphatic rings. The first-order valence-corrected chi connectivity index (χ1v) is 10.4. The van der Waals surface area contributed by atoms with E-state index in [0.717, 1.165) is 28.8 Å². The van der Waals surface area contributed by atoms with Gasteiger partial charge in [0, 0.05) is 11.6 Å². The normalized spacial score (nSPS) is 13.2. The van der Waals surface area contributed by atoms with Gasteiger partial charge in [0.1, 0.15) is 24.0 Å². The zero-order chi connectivity index (χ0) is 22.5. The summed E-state index contributed by atoms with van der Waals surface area (Å²) < 4.78 is 38.6. The Morgan fingerprint density at radius 1 is 1.03 bits per heavy atom. The molecule has 3 aromatic rings. The SMILES string of the molecule is Cc1ccc(COCc2ccc3c(c2)CN(C(=O)Nc2ccc(F)cc2F)CCO3)cc1. The molecule has 5 nitrogen and oxygen atoms in total. The van der Waals surface area contributed by atoms with Gasteiger partial charge < -0.3 is 19.7 Å². The number of hydrogen-bond acceptors (Lipinski definition) is 3. The zero-order valence-electron chi connectivity index (χ0n) is 17.7. The summed E-state index contributed by atoms with van der Waals surface area (Å²) in [6, 6.07) is 16.5. The molecule has 0 bridgehead atoms. The molecular weight excluding hydrogens is 414 g/mol. The number of ether oxygens (including phenoxy) is 2. The van der Waals surface area contributed by atoms with Crippen molar-refractivity contribution in [1.82, 2.24) is 4.90 Å². The van der Waals surface area contributed by atoms with E-state index in [1.165, 1.54) is 16.5 Å². The molecule has 32 heavy (non-hydrogen) atoms. The van der Waals surface area contributed by atoms with Gasteiger partial charge in [-0.1, -0.05) is 35.9 Å². The summed E-state index contributed by atoms with van der Waals surface area (Å²) in [5, 5.41) is 2.50. The minimum Gasteiger partial charge on any atom is -0.491 e. The van der Waals surface area contributed by atoms with Crippen LogP contribution in [-0.2, 0) is 24.5 Å². The summed E-state index contributed by atoms with van der Waals surface area (Å²) in [4.78, 5) is 14.2. The van der Waals surface area contributed by atoms with E-state index < -0.39 is 17.7 Å². The van der Waals surface area contributed by atoms with Gasteiger partial charge >= 0.3 is 6.03 Å². The number of amides is 2. The largest absolute Gasteiger partial charge is 0.491 e. The van der Waals surface area contributed by atoms with Gasteiger partial charge in [-0.25, -0.2) is 13.6 Å². The van der Waals surface area contributed by atoms with Gasteiger partial charge in [-0.15, -0.1) is 0 Å². The van der Waals surface area contributed by atoms with Gasteiger partial charge in [-0.3, -0.25) is 0 Å². The average Bonchev–Trinajstić information content (AvgIpc) is 2.99. The molecule has 2 amide bonds. The van der Waals surface area contributed by atoms with E-state index >= 15 is 0 Å². The minimum absolute atomic E-state index is 0.0694. The van der Waals surface area contributed by atoms with Crippen LogP contribution < -0.4 is 10.1 Å². The van der Waals surface area contributed by atoms with Crippen LogP contribution in [0.3, 0.4) is 0 Å². The third kappa shape index (κ3) is 5.42. The fourth-order valence-corrected chi connectivity index (χ4v) is 3.47. The first-order chi connectivity index (χ1) is 15.5. The van der Waals surface area contributed by atoms with Crippen LogP contribution in [0.4, 0.5) is 19.3 Å². The van der Waals surface area contributed by atoms with Gasteiger partial charge in [-0.05, 0) is 42.3 Å². The summed E-state index contributed by atoms with van der Waals surface area (Å²) >= 11 is 0. The molecule has 1 heterocycles. The number of nitrogens with zero attached hydrogens (tertiary/aromatic N) is 1. The highest BCUT2D eigenvalue weighted by atomic mass is 19.1. The number of aryl methyl sites for hydroxylation is 1. The Bertz CT molecular complexity index is 1100. The number of rotatable bonds is 5. The van der Waals surface area contributed by atoms with Gasteiger partial charge in [-0.2, -0.15) is 0 Å². The van der Waals surface area contributed by atoms with Crippen molar-refractivity contribution >= 4 is 11.7 Å². The van der Waals surface area contributed by atoms with Crippen molar-refractivity contribution in [2.24, 2.45) is 0 Å². The van der Waals surface area contributed by atoms with Crippen LogP contribution in [0, 0.1) is 18.6 Å². The molecule has 0 saturated heterocycles. The lowest BCUT2D eigenvalue weighted by atomic mass is 10.1. The topological polar surface area (TPSA) is 50.8 Å². The Labute approximate surface area is 185 Å². The van der Waals surface area contributed by atoms with Crippen LogP contribution in [0.2, 0.25) is 0 Å². The third-order valence-corrected chi connectivity index (χ3v) is 5.22. The van der Waals surface area contributed by atoms with Crippen LogP contribution in [0.1, 0.15) is 22.3 Å². The van der Waals surface area contributed by atoms with Crippen molar-refractivity contribution in [2.45, 2.75) is 26.7 Å². The molecule has 0 saturated carbocycles. The standard InChI is InChI=1S/C25H24F2N2O3/c1-17-2-4-18(5-3-17)15-31-16-19-6-9-24-20(12-19)14-29(10-11-32-24)25(30)28-23-8-7-21(26)13-22(23)27/h2-9,12-13H,10-11,14-16H2,1H3,(H,28,30). The number of halogens is 2. The van der Waals surface area contributed by atoms with E-state index in [9.17, 15) is 13.6 Å². The average molecular weight is 438 g/mol. The van der Waals surface area contributed by atoms with Crippen molar-refractivity contribution in [3.63, 3.8) is 0 Å². The predicted molar refractivity (Wildman–Crippen MR) is 117 cm³/mol. The Morgan fingerprint density at radius 2 is 1.78 bits per heavy atom. The lowest BCUT2D eigenvalue weighted by molar-refractivity contribution is 0.107. The molecule has 7 heteroatoms. The fourth-order valence-electron chi connectivity index (χ4n) is 3.47. The van der Waals surface area contributed by atoms with Crippen molar-refractivity contribution < 1.29 is 23.0 Å². The minimum atomic E-state index is -0.821. The Balaban J connectivity index is 1.39. The van der Waals surface area contributed by atoms with E-state index in [-0.39, 0.29) is 5.69 Å². The van der Waals surface area contributed by atoms with E-state index in [4.69, 9.17) is 9.47 Å². The molecule has 3 aromatic carbocycles. The predicted octanol–water partition coefficient (Wildman–Crippen LogP) is 5.42. The van der Waals surface area contributed by atoms with Crippen LogP contribution in [0.15, 0.2) is 60.7 Å². The van der Waals surface area contributed by atoms with Crippen LogP contribution >= 0.6 is 0 Å². The summed E-state index contributed by atoms with van der Waals surface area (Å²) in [6.07, 6.45) is 0. The second-order valence-corrected chi connectivity index (χ2v) is 7.74. The van der Waals surface area contributed by atoms with E-state index in [1.54, 1.807) is 0 Å². The monoisotopic (exact) mass is 438 g/mol. The number of carbonyl (C=O) groups is 1. The number of anilines is 1. The smallest absolute Gasteiger partial charge is 0.322 e. The summed E-state index contributed by atoms with van der Waals surface area (Å²) in [6.45, 7) is 3.93. The molecular formula is C25H24F2N2O3. The summed E-state index contributed by atoms with van der Waals surface area (Å²) in [5.74, 6) is -0.817. The molecule has 1 aliphatic heterocycles. The lowest BCUT2D eigenvalue weighted by Crippen LogP contribution is -2.36. The molecule has 0 fully saturated rings. The Kier molecular flexibility index (Phi) is 6.66. The highest BCUT2D eigenvalue weighted by Crippen LogP contribution is 2.26. The summed E-state index contributed by atoms with van der Waals surface area (Å²) in [7, 11) is 0. The molecule has 4 rings (SSSR count). The summed E-state index contributed by atoms with van der Waals surface area (Å²) in [5.41, 5.74) is 4.04. The van der Waals surface area contributed by atoms with Crippen molar-refractivity contribution in [3.8, 4) is 5.75 Å². The molecule has 0 radical (unpaired) electrons. The third-order valence-electron chi connectivity index (χ3n) is 5.22. The van der Waals surface area contributed by atoms with Gasteiger partial charge in [0.2, 0.25) is 0 Å². The maximum Gasteiger partial charge on any atom is 0.322 e. The quantitative estimate of drug-likeness (QED) is 0.579. The molecule has 0 spiro atoms. The number of urea groups is 1. The van der Waals surface area contributed by atoms with Crippen molar-refractivity contribution in [2.75, 3.05) is 18.5 Å². The first-order valence-electron chi connectivity index (χ1n) is 10.4. The maximum absolute atomic E-state index is 13.9. The van der Waals surface area contributed by atoms with E-state index in [1.807, 2.05) is 37.3 Å². The Morgan fingerprint density at radius 3 is 2.56 bits per heavy atom. The molecule has 0 atom stereocenters. The zero-order valence-corrected chi connectivity index (χ0v) is 17.7.